The summed E-state index contributed by atoms with van der Waals surface area (Å²) in [4.78, 5) is 0.204. The van der Waals surface area contributed by atoms with E-state index in [4.69, 9.17) is 20.6 Å². The molecule has 0 aliphatic rings. The summed E-state index contributed by atoms with van der Waals surface area (Å²) in [6.07, 6.45) is 0. The van der Waals surface area contributed by atoms with E-state index in [1.165, 1.54) is 25.6 Å². The minimum absolute atomic E-state index is 0.204. The fourth-order valence-electron chi connectivity index (χ4n) is 1.36. The van der Waals surface area contributed by atoms with Crippen molar-refractivity contribution < 1.29 is 13.6 Å². The first-order valence-electron chi connectivity index (χ1n) is 5.37. The fraction of sp³-hybridized carbons (Fsp3) is 1.00. The standard InChI is InChI=1S/C9H22ClO3PSSi/c1-6-16(5,7-2)9(8-10)15-14(11,12-3)13-4/h9H,6-8H2,1-5H3. The topological polar surface area (TPSA) is 35.5 Å². The molecule has 7 heteroatoms. The Hall–Kier alpha value is 1.01. The SMILES string of the molecule is CC[Si](C)(CC)C(CCl)SP(=O)(OC)OC. The zero-order valence-electron chi connectivity index (χ0n) is 10.7. The quantitative estimate of drug-likeness (QED) is 0.378. The number of rotatable bonds is 8. The molecule has 0 aliphatic carbocycles. The minimum Gasteiger partial charge on any atom is -0.304 e. The molecule has 0 fully saturated rings. The van der Waals surface area contributed by atoms with E-state index in [0.29, 0.717) is 5.88 Å². The molecule has 0 bridgehead atoms. The maximum absolute atomic E-state index is 12.1. The van der Waals surface area contributed by atoms with Gasteiger partial charge in [0, 0.05) is 25.0 Å². The second kappa shape index (κ2) is 7.44. The molecule has 3 nitrogen and oxygen atoms in total. The average Bonchev–Trinajstić information content (AvgIpc) is 2.34. The molecule has 0 saturated carbocycles. The van der Waals surface area contributed by atoms with Crippen molar-refractivity contribution >= 4 is 37.9 Å². The highest BCUT2D eigenvalue weighted by Gasteiger charge is 2.39. The van der Waals surface area contributed by atoms with Crippen molar-refractivity contribution in [1.82, 2.24) is 0 Å². The second-order valence-electron chi connectivity index (χ2n) is 3.92. The second-order valence-corrected chi connectivity index (χ2v) is 14.4. The molecule has 0 aliphatic heterocycles. The summed E-state index contributed by atoms with van der Waals surface area (Å²) in [5.74, 6) is 0.506. The van der Waals surface area contributed by atoms with Crippen LogP contribution in [0.3, 0.4) is 0 Å². The van der Waals surface area contributed by atoms with Gasteiger partial charge in [-0.1, -0.05) is 32.5 Å². The molecule has 0 spiro atoms. The largest absolute Gasteiger partial charge is 0.388 e. The number of alkyl halides is 1. The Balaban J connectivity index is 4.81. The van der Waals surface area contributed by atoms with Crippen LogP contribution < -0.4 is 0 Å². The third-order valence-electron chi connectivity index (χ3n) is 3.24. The lowest BCUT2D eigenvalue weighted by Crippen LogP contribution is -2.42. The highest BCUT2D eigenvalue weighted by atomic mass is 35.5. The molecule has 0 radical (unpaired) electrons. The van der Waals surface area contributed by atoms with E-state index >= 15 is 0 Å². The van der Waals surface area contributed by atoms with Crippen molar-refractivity contribution in [1.29, 1.82) is 0 Å². The Morgan fingerprint density at radius 3 is 2.00 bits per heavy atom. The summed E-state index contributed by atoms with van der Waals surface area (Å²) in [5.41, 5.74) is 0. The molecule has 0 aromatic carbocycles. The normalized spacial score (nSPS) is 15.1. The van der Waals surface area contributed by atoms with Crippen LogP contribution in [0.25, 0.3) is 0 Å². The third kappa shape index (κ3) is 4.35. The van der Waals surface area contributed by atoms with Crippen molar-refractivity contribution in [3.63, 3.8) is 0 Å². The number of halogens is 1. The van der Waals surface area contributed by atoms with Crippen LogP contribution in [-0.2, 0) is 13.6 Å². The lowest BCUT2D eigenvalue weighted by molar-refractivity contribution is 0.295. The van der Waals surface area contributed by atoms with Crippen LogP contribution in [0.2, 0.25) is 18.6 Å². The van der Waals surface area contributed by atoms with E-state index < -0.39 is 14.9 Å². The molecule has 0 amide bonds. The third-order valence-corrected chi connectivity index (χ3v) is 15.6. The van der Waals surface area contributed by atoms with Gasteiger partial charge in [-0.25, -0.2) is 4.57 Å². The summed E-state index contributed by atoms with van der Waals surface area (Å²) < 4.78 is 22.0. The molecule has 16 heavy (non-hydrogen) atoms. The Kier molecular flexibility index (Phi) is 7.91. The molecule has 0 aromatic rings. The van der Waals surface area contributed by atoms with Crippen molar-refractivity contribution in [3.05, 3.63) is 0 Å². The van der Waals surface area contributed by atoms with E-state index in [2.05, 4.69) is 20.4 Å². The number of hydrogen-bond donors (Lipinski definition) is 0. The van der Waals surface area contributed by atoms with Gasteiger partial charge in [0.1, 0.15) is 0 Å². The van der Waals surface area contributed by atoms with Crippen molar-refractivity contribution in [2.24, 2.45) is 0 Å². The molecule has 0 saturated heterocycles. The molecule has 98 valence electrons. The van der Waals surface area contributed by atoms with Gasteiger partial charge in [-0.3, -0.25) is 0 Å². The van der Waals surface area contributed by atoms with Crippen LogP contribution in [0.15, 0.2) is 0 Å². The van der Waals surface area contributed by atoms with Crippen LogP contribution in [-0.4, -0.2) is 33.0 Å². The van der Waals surface area contributed by atoms with Gasteiger partial charge in [0.15, 0.2) is 0 Å². The highest BCUT2D eigenvalue weighted by molar-refractivity contribution is 8.56. The van der Waals surface area contributed by atoms with Crippen molar-refractivity contribution in [2.45, 2.75) is 37.4 Å². The lowest BCUT2D eigenvalue weighted by Gasteiger charge is -2.33. The van der Waals surface area contributed by atoms with E-state index in [0.717, 1.165) is 12.1 Å². The Labute approximate surface area is 109 Å². The van der Waals surface area contributed by atoms with Crippen LogP contribution in [0.1, 0.15) is 13.8 Å². The molecule has 1 atom stereocenters. The van der Waals surface area contributed by atoms with Gasteiger partial charge in [-0.05, 0) is 11.4 Å². The zero-order chi connectivity index (χ0) is 12.8. The van der Waals surface area contributed by atoms with Gasteiger partial charge in [0.2, 0.25) is 0 Å². The maximum Gasteiger partial charge on any atom is 0.388 e. The smallest absolute Gasteiger partial charge is 0.304 e. The van der Waals surface area contributed by atoms with Crippen LogP contribution in [0, 0.1) is 0 Å². The summed E-state index contributed by atoms with van der Waals surface area (Å²) in [7, 11) is 1.36. The molecule has 0 aromatic heterocycles. The first-order valence-corrected chi connectivity index (χ1v) is 11.9. The van der Waals surface area contributed by atoms with Crippen LogP contribution >= 0.6 is 29.8 Å². The first kappa shape index (κ1) is 17.0. The van der Waals surface area contributed by atoms with E-state index in [9.17, 15) is 4.57 Å². The predicted octanol–water partition coefficient (Wildman–Crippen LogP) is 4.39. The van der Waals surface area contributed by atoms with E-state index in [1.807, 2.05) is 0 Å². The highest BCUT2D eigenvalue weighted by Crippen LogP contribution is 2.62. The number of hydrogen-bond acceptors (Lipinski definition) is 4. The fourth-order valence-corrected chi connectivity index (χ4v) is 12.6. The minimum atomic E-state index is -3.01. The summed E-state index contributed by atoms with van der Waals surface area (Å²) in [6, 6.07) is 2.25. The molecule has 1 unspecified atom stereocenters. The summed E-state index contributed by atoms with van der Waals surface area (Å²) >= 11 is 7.30. The van der Waals surface area contributed by atoms with E-state index in [-0.39, 0.29) is 4.87 Å². The molecule has 0 rings (SSSR count). The van der Waals surface area contributed by atoms with Gasteiger partial charge in [-0.15, -0.1) is 11.6 Å². The summed E-state index contributed by atoms with van der Waals surface area (Å²) in [5, 5.41) is 0. The van der Waals surface area contributed by atoms with Gasteiger partial charge in [-0.2, -0.15) is 0 Å². The van der Waals surface area contributed by atoms with Gasteiger partial charge in [0.05, 0.1) is 8.07 Å². The zero-order valence-corrected chi connectivity index (χ0v) is 14.1. The molecule has 0 heterocycles. The van der Waals surface area contributed by atoms with Gasteiger partial charge in [0.25, 0.3) is 0 Å². The van der Waals surface area contributed by atoms with Crippen LogP contribution in [0.5, 0.6) is 0 Å². The summed E-state index contributed by atoms with van der Waals surface area (Å²) in [6.45, 7) is 3.65. The van der Waals surface area contributed by atoms with Crippen LogP contribution in [0.4, 0.5) is 0 Å². The van der Waals surface area contributed by atoms with Gasteiger partial charge < -0.3 is 9.05 Å². The predicted molar refractivity (Wildman–Crippen MR) is 76.3 cm³/mol. The molecular formula is C9H22ClO3PSSi. The Morgan fingerprint density at radius 1 is 1.31 bits per heavy atom. The van der Waals surface area contributed by atoms with Gasteiger partial charge >= 0.3 is 6.80 Å². The molecular weight excluding hydrogens is 283 g/mol. The van der Waals surface area contributed by atoms with E-state index in [1.54, 1.807) is 0 Å². The monoisotopic (exact) mass is 304 g/mol. The Bertz CT molecular complexity index is 243. The maximum atomic E-state index is 12.1. The van der Waals surface area contributed by atoms with Crippen molar-refractivity contribution in [2.75, 3.05) is 20.1 Å². The van der Waals surface area contributed by atoms with Crippen molar-refractivity contribution in [3.8, 4) is 0 Å². The Morgan fingerprint density at radius 2 is 1.75 bits per heavy atom. The lowest BCUT2D eigenvalue weighted by atomic mass is 10.9. The molecule has 0 N–H and O–H groups in total. The average molecular weight is 305 g/mol. The first-order chi connectivity index (χ1) is 7.41.